The molecule has 0 saturated carbocycles. The molecule has 2 heterocycles. The minimum absolute atomic E-state index is 0.0781. The van der Waals surface area contributed by atoms with Gasteiger partial charge in [-0.15, -0.1) is 0 Å². The minimum atomic E-state index is -3.58. The van der Waals surface area contributed by atoms with Gasteiger partial charge in [-0.05, 0) is 37.7 Å². The number of nitrogens with one attached hydrogen (secondary N) is 1. The van der Waals surface area contributed by atoms with Crippen LogP contribution in [-0.4, -0.2) is 20.4 Å². The molecule has 1 N–H and O–H groups in total. The molecule has 6 heteroatoms. The van der Waals surface area contributed by atoms with E-state index >= 15 is 0 Å². The maximum Gasteiger partial charge on any atom is 0.274 e. The van der Waals surface area contributed by atoms with Gasteiger partial charge in [0.1, 0.15) is 0 Å². The number of aryl methyl sites for hydroxylation is 1. The summed E-state index contributed by atoms with van der Waals surface area (Å²) in [5.74, 6) is 0. The van der Waals surface area contributed by atoms with Crippen molar-refractivity contribution in [3.8, 4) is 11.1 Å². The van der Waals surface area contributed by atoms with E-state index in [-0.39, 0.29) is 5.09 Å². The van der Waals surface area contributed by atoms with E-state index in [0.29, 0.717) is 5.56 Å². The highest BCUT2D eigenvalue weighted by atomic mass is 32.2. The highest BCUT2D eigenvalue weighted by molar-refractivity contribution is 7.89. The van der Waals surface area contributed by atoms with Crippen molar-refractivity contribution < 1.29 is 12.8 Å². The zero-order valence-corrected chi connectivity index (χ0v) is 10.3. The van der Waals surface area contributed by atoms with Crippen molar-refractivity contribution in [2.24, 2.45) is 0 Å². The molecular formula is C11H12N2O3S. The molecule has 0 aliphatic rings. The molecule has 17 heavy (non-hydrogen) atoms. The predicted octanol–water partition coefficient (Wildman–Crippen LogP) is 1.56. The summed E-state index contributed by atoms with van der Waals surface area (Å²) in [5, 5.41) is -0.0781. The number of pyridine rings is 1. The van der Waals surface area contributed by atoms with Crippen LogP contribution in [0.5, 0.6) is 0 Å². The summed E-state index contributed by atoms with van der Waals surface area (Å²) < 4.78 is 30.7. The molecule has 0 aliphatic carbocycles. The van der Waals surface area contributed by atoms with E-state index in [4.69, 9.17) is 4.42 Å². The third-order valence-electron chi connectivity index (χ3n) is 2.35. The molecule has 2 aromatic heterocycles. The maximum absolute atomic E-state index is 11.7. The third-order valence-corrected chi connectivity index (χ3v) is 3.69. The fraction of sp³-hybridized carbons (Fsp3) is 0.182. The van der Waals surface area contributed by atoms with Crippen LogP contribution in [0.2, 0.25) is 0 Å². The Bertz CT molecular complexity index is 632. The number of furan rings is 1. The van der Waals surface area contributed by atoms with E-state index in [1.807, 2.05) is 6.92 Å². The summed E-state index contributed by atoms with van der Waals surface area (Å²) in [6, 6.07) is 5.17. The van der Waals surface area contributed by atoms with E-state index in [1.54, 1.807) is 24.4 Å². The van der Waals surface area contributed by atoms with Crippen LogP contribution in [0.15, 0.2) is 40.2 Å². The van der Waals surface area contributed by atoms with Crippen molar-refractivity contribution in [1.82, 2.24) is 9.71 Å². The number of hydrogen-bond acceptors (Lipinski definition) is 4. The van der Waals surface area contributed by atoms with Gasteiger partial charge in [0.25, 0.3) is 10.0 Å². The van der Waals surface area contributed by atoms with Crippen molar-refractivity contribution in [1.29, 1.82) is 0 Å². The van der Waals surface area contributed by atoms with Crippen LogP contribution in [0.3, 0.4) is 0 Å². The molecule has 0 spiro atoms. The van der Waals surface area contributed by atoms with Crippen LogP contribution in [-0.2, 0) is 10.0 Å². The number of rotatable bonds is 3. The first-order valence-corrected chi connectivity index (χ1v) is 6.47. The summed E-state index contributed by atoms with van der Waals surface area (Å²) >= 11 is 0. The molecule has 0 fully saturated rings. The van der Waals surface area contributed by atoms with Crippen LogP contribution < -0.4 is 4.72 Å². The number of nitrogens with zero attached hydrogens (tertiary/aromatic N) is 1. The molecule has 90 valence electrons. The van der Waals surface area contributed by atoms with Gasteiger partial charge in [0.15, 0.2) is 0 Å². The smallest absolute Gasteiger partial charge is 0.274 e. The maximum atomic E-state index is 11.7. The first-order valence-electron chi connectivity index (χ1n) is 4.98. The third kappa shape index (κ3) is 2.22. The van der Waals surface area contributed by atoms with Crippen molar-refractivity contribution in [3.63, 3.8) is 0 Å². The fourth-order valence-electron chi connectivity index (χ4n) is 1.52. The van der Waals surface area contributed by atoms with Crippen molar-refractivity contribution >= 4 is 10.0 Å². The zero-order chi connectivity index (χ0) is 12.5. The van der Waals surface area contributed by atoms with E-state index in [2.05, 4.69) is 9.71 Å². The molecule has 5 nitrogen and oxygen atoms in total. The molecule has 0 radical (unpaired) electrons. The Labute approximate surface area is 99.5 Å². The van der Waals surface area contributed by atoms with E-state index in [1.165, 1.54) is 13.3 Å². The van der Waals surface area contributed by atoms with Crippen LogP contribution in [0.4, 0.5) is 0 Å². The quantitative estimate of drug-likeness (QED) is 0.899. The topological polar surface area (TPSA) is 72.2 Å². The Balaban J connectivity index is 2.59. The standard InChI is InChI=1S/C11H12N2O3S/c1-8-7-9(3-5-13-8)10-4-6-16-11(10)17(14,15)12-2/h3-7,12H,1-2H3. The highest BCUT2D eigenvalue weighted by Crippen LogP contribution is 2.28. The summed E-state index contributed by atoms with van der Waals surface area (Å²) in [7, 11) is -2.24. The summed E-state index contributed by atoms with van der Waals surface area (Å²) in [5.41, 5.74) is 2.11. The van der Waals surface area contributed by atoms with Gasteiger partial charge in [-0.3, -0.25) is 4.98 Å². The summed E-state index contributed by atoms with van der Waals surface area (Å²) in [6.45, 7) is 1.84. The molecule has 0 saturated heterocycles. The second kappa shape index (κ2) is 4.31. The largest absolute Gasteiger partial charge is 0.451 e. The van der Waals surface area contributed by atoms with Crippen molar-refractivity contribution in [2.45, 2.75) is 12.0 Å². The molecular weight excluding hydrogens is 240 g/mol. The second-order valence-corrected chi connectivity index (χ2v) is 5.30. The monoisotopic (exact) mass is 252 g/mol. The van der Waals surface area contributed by atoms with Gasteiger partial charge in [0.05, 0.1) is 6.26 Å². The second-order valence-electron chi connectivity index (χ2n) is 3.52. The molecule has 0 aliphatic heterocycles. The zero-order valence-electron chi connectivity index (χ0n) is 9.47. The van der Waals surface area contributed by atoms with Crippen LogP contribution in [0, 0.1) is 6.92 Å². The van der Waals surface area contributed by atoms with Gasteiger partial charge in [0.2, 0.25) is 5.09 Å². The van der Waals surface area contributed by atoms with Gasteiger partial charge >= 0.3 is 0 Å². The average Bonchev–Trinajstić information content (AvgIpc) is 2.78. The van der Waals surface area contributed by atoms with E-state index in [0.717, 1.165) is 11.3 Å². The van der Waals surface area contributed by atoms with Crippen LogP contribution in [0.1, 0.15) is 5.69 Å². The van der Waals surface area contributed by atoms with Gasteiger partial charge < -0.3 is 4.42 Å². The van der Waals surface area contributed by atoms with Gasteiger partial charge in [-0.25, -0.2) is 13.1 Å². The Morgan fingerprint density at radius 3 is 2.76 bits per heavy atom. The SMILES string of the molecule is CNS(=O)(=O)c1occc1-c1ccnc(C)c1. The Morgan fingerprint density at radius 1 is 1.35 bits per heavy atom. The number of sulfonamides is 1. The first kappa shape index (κ1) is 11.8. The van der Waals surface area contributed by atoms with Crippen molar-refractivity contribution in [2.75, 3.05) is 7.05 Å². The predicted molar refractivity (Wildman–Crippen MR) is 62.9 cm³/mol. The molecule has 0 aromatic carbocycles. The normalized spacial score (nSPS) is 11.6. The lowest BCUT2D eigenvalue weighted by atomic mass is 10.1. The van der Waals surface area contributed by atoms with Crippen molar-refractivity contribution in [3.05, 3.63) is 36.4 Å². The van der Waals surface area contributed by atoms with Crippen LogP contribution >= 0.6 is 0 Å². The van der Waals surface area contributed by atoms with Gasteiger partial charge in [-0.2, -0.15) is 0 Å². The average molecular weight is 252 g/mol. The molecule has 0 bridgehead atoms. The fourth-order valence-corrected chi connectivity index (χ4v) is 2.37. The molecule has 2 rings (SSSR count). The lowest BCUT2D eigenvalue weighted by Gasteiger charge is -2.03. The number of aromatic nitrogens is 1. The Morgan fingerprint density at radius 2 is 2.12 bits per heavy atom. The summed E-state index contributed by atoms with van der Waals surface area (Å²) in [6.07, 6.45) is 2.99. The molecule has 2 aromatic rings. The van der Waals surface area contributed by atoms with Gasteiger partial charge in [0, 0.05) is 17.5 Å². The Hall–Kier alpha value is -1.66. The highest BCUT2D eigenvalue weighted by Gasteiger charge is 2.21. The lowest BCUT2D eigenvalue weighted by Crippen LogP contribution is -2.18. The summed E-state index contributed by atoms with van der Waals surface area (Å²) in [4.78, 5) is 4.07. The van der Waals surface area contributed by atoms with Gasteiger partial charge in [-0.1, -0.05) is 0 Å². The van der Waals surface area contributed by atoms with E-state index in [9.17, 15) is 8.42 Å². The van der Waals surface area contributed by atoms with Crippen LogP contribution in [0.25, 0.3) is 11.1 Å². The first-order chi connectivity index (χ1) is 8.04. The number of hydrogen-bond donors (Lipinski definition) is 1. The lowest BCUT2D eigenvalue weighted by molar-refractivity contribution is 0.449. The Kier molecular flexibility index (Phi) is 2.99. The molecule has 0 unspecified atom stereocenters. The minimum Gasteiger partial charge on any atom is -0.451 e. The molecule has 0 amide bonds. The molecule has 0 atom stereocenters. The van der Waals surface area contributed by atoms with E-state index < -0.39 is 10.0 Å².